The van der Waals surface area contributed by atoms with Gasteiger partial charge in [0.15, 0.2) is 0 Å². The monoisotopic (exact) mass is 298 g/mol. The number of hydrogen-bond acceptors (Lipinski definition) is 0. The van der Waals surface area contributed by atoms with Gasteiger partial charge in [-0.15, -0.1) is 5.54 Å². The molecule has 0 unspecified atom stereocenters. The van der Waals surface area contributed by atoms with E-state index < -0.39 is 8.07 Å². The molecule has 0 bridgehead atoms. The maximum Gasteiger partial charge on any atom is 0.146 e. The van der Waals surface area contributed by atoms with Crippen LogP contribution in [0.5, 0.6) is 0 Å². The fourth-order valence-corrected chi connectivity index (χ4v) is 8.61. The van der Waals surface area contributed by atoms with Gasteiger partial charge in [-0.1, -0.05) is 77.3 Å². The van der Waals surface area contributed by atoms with E-state index in [4.69, 9.17) is 0 Å². The van der Waals surface area contributed by atoms with Gasteiger partial charge in [0.05, 0.1) is 0 Å². The smallest absolute Gasteiger partial charge is 0.126 e. The largest absolute Gasteiger partial charge is 0.146 e. The Labute approximate surface area is 132 Å². The van der Waals surface area contributed by atoms with Gasteiger partial charge in [-0.05, 0) is 41.3 Å². The molecular formula is C20H30Si. The standard InChI is InChI=1S/C20H30Si/c1-16(2)21(17(3)4,18(5)6)15-9-8-10-20-13-11-19(7)12-14-20/h8,10-14,16-18H,1-7H3/b10-8-. The van der Waals surface area contributed by atoms with Crippen LogP contribution in [0.25, 0.3) is 6.08 Å². The summed E-state index contributed by atoms with van der Waals surface area (Å²) < 4.78 is 0. The number of rotatable bonds is 4. The Morgan fingerprint density at radius 2 is 1.33 bits per heavy atom. The molecule has 0 radical (unpaired) electrons. The number of aryl methyl sites for hydroxylation is 1. The highest BCUT2D eigenvalue weighted by atomic mass is 28.3. The Morgan fingerprint density at radius 1 is 0.857 bits per heavy atom. The van der Waals surface area contributed by atoms with Crippen LogP contribution in [-0.2, 0) is 0 Å². The Balaban J connectivity index is 2.98. The predicted octanol–water partition coefficient (Wildman–Crippen LogP) is 6.23. The van der Waals surface area contributed by atoms with Crippen molar-refractivity contribution in [2.45, 2.75) is 65.1 Å². The van der Waals surface area contributed by atoms with Gasteiger partial charge in [-0.3, -0.25) is 0 Å². The van der Waals surface area contributed by atoms with Gasteiger partial charge in [0.2, 0.25) is 0 Å². The molecule has 1 aromatic carbocycles. The second-order valence-electron chi connectivity index (χ2n) is 6.91. The predicted molar refractivity (Wildman–Crippen MR) is 99.0 cm³/mol. The molecule has 0 amide bonds. The molecule has 0 aromatic heterocycles. The Kier molecular flexibility index (Phi) is 6.49. The molecule has 0 atom stereocenters. The molecule has 1 aromatic rings. The molecule has 0 aliphatic rings. The average Bonchev–Trinajstić information content (AvgIpc) is 2.39. The van der Waals surface area contributed by atoms with Crippen LogP contribution >= 0.6 is 0 Å². The minimum atomic E-state index is -1.59. The van der Waals surface area contributed by atoms with Crippen LogP contribution in [0.1, 0.15) is 52.7 Å². The van der Waals surface area contributed by atoms with E-state index in [2.05, 4.69) is 90.3 Å². The Morgan fingerprint density at radius 3 is 1.76 bits per heavy atom. The summed E-state index contributed by atoms with van der Waals surface area (Å²) in [7, 11) is -1.59. The van der Waals surface area contributed by atoms with Crippen molar-refractivity contribution >= 4 is 14.1 Å². The molecule has 0 saturated heterocycles. The van der Waals surface area contributed by atoms with E-state index in [-0.39, 0.29) is 0 Å². The van der Waals surface area contributed by atoms with Crippen molar-refractivity contribution in [2.75, 3.05) is 0 Å². The molecule has 0 spiro atoms. The first-order chi connectivity index (χ1) is 9.80. The summed E-state index contributed by atoms with van der Waals surface area (Å²) in [5.74, 6) is 3.36. The third-order valence-corrected chi connectivity index (χ3v) is 10.9. The van der Waals surface area contributed by atoms with Crippen LogP contribution in [0, 0.1) is 18.4 Å². The summed E-state index contributed by atoms with van der Waals surface area (Å²) in [5, 5.41) is 0. The first kappa shape index (κ1) is 17.8. The number of hydrogen-bond donors (Lipinski definition) is 0. The molecule has 1 rings (SSSR count). The van der Waals surface area contributed by atoms with Gasteiger partial charge in [0.25, 0.3) is 0 Å². The number of allylic oxidation sites excluding steroid dienone is 1. The molecule has 0 fully saturated rings. The highest BCUT2D eigenvalue weighted by Crippen LogP contribution is 2.40. The second-order valence-corrected chi connectivity index (χ2v) is 12.5. The van der Waals surface area contributed by atoms with E-state index in [9.17, 15) is 0 Å². The van der Waals surface area contributed by atoms with Crippen molar-refractivity contribution in [3.63, 3.8) is 0 Å². The fraction of sp³-hybridized carbons (Fsp3) is 0.500. The highest BCUT2D eigenvalue weighted by molar-refractivity contribution is 6.90. The van der Waals surface area contributed by atoms with Crippen LogP contribution in [-0.4, -0.2) is 8.07 Å². The minimum Gasteiger partial charge on any atom is -0.126 e. The lowest BCUT2D eigenvalue weighted by Gasteiger charge is -2.37. The molecule has 0 aliphatic heterocycles. The molecule has 0 heterocycles. The molecule has 0 saturated carbocycles. The summed E-state index contributed by atoms with van der Waals surface area (Å²) in [4.78, 5) is 0. The summed E-state index contributed by atoms with van der Waals surface area (Å²) in [6.07, 6.45) is 4.14. The summed E-state index contributed by atoms with van der Waals surface area (Å²) in [6, 6.07) is 8.57. The van der Waals surface area contributed by atoms with Crippen molar-refractivity contribution in [3.05, 3.63) is 41.5 Å². The van der Waals surface area contributed by atoms with Gasteiger partial charge in [0.1, 0.15) is 8.07 Å². The zero-order valence-electron chi connectivity index (χ0n) is 14.7. The molecule has 114 valence electrons. The van der Waals surface area contributed by atoms with Crippen molar-refractivity contribution in [1.29, 1.82) is 0 Å². The van der Waals surface area contributed by atoms with E-state index in [1.807, 2.05) is 6.08 Å². The average molecular weight is 299 g/mol. The van der Waals surface area contributed by atoms with Crippen LogP contribution in [0.4, 0.5) is 0 Å². The van der Waals surface area contributed by atoms with Gasteiger partial charge in [-0.2, -0.15) is 0 Å². The molecule has 0 aliphatic carbocycles. The molecular weight excluding hydrogens is 268 g/mol. The van der Waals surface area contributed by atoms with Crippen LogP contribution in [0.15, 0.2) is 30.3 Å². The summed E-state index contributed by atoms with van der Waals surface area (Å²) in [5.41, 5.74) is 8.31. The van der Waals surface area contributed by atoms with Gasteiger partial charge in [-0.25, -0.2) is 0 Å². The molecule has 1 heteroatoms. The highest BCUT2D eigenvalue weighted by Gasteiger charge is 2.41. The fourth-order valence-electron chi connectivity index (χ4n) is 3.42. The molecule has 0 N–H and O–H groups in total. The van der Waals surface area contributed by atoms with Crippen LogP contribution < -0.4 is 0 Å². The molecule has 0 nitrogen and oxygen atoms in total. The Hall–Kier alpha value is -1.26. The van der Waals surface area contributed by atoms with Gasteiger partial charge >= 0.3 is 0 Å². The Bertz CT molecular complexity index is 499. The topological polar surface area (TPSA) is 0 Å². The zero-order valence-corrected chi connectivity index (χ0v) is 15.7. The van der Waals surface area contributed by atoms with Gasteiger partial charge in [0, 0.05) is 0 Å². The summed E-state index contributed by atoms with van der Waals surface area (Å²) in [6.45, 7) is 16.2. The maximum atomic E-state index is 3.72. The van der Waals surface area contributed by atoms with Crippen molar-refractivity contribution < 1.29 is 0 Å². The van der Waals surface area contributed by atoms with Crippen molar-refractivity contribution in [3.8, 4) is 11.5 Å². The van der Waals surface area contributed by atoms with Gasteiger partial charge < -0.3 is 0 Å². The number of benzene rings is 1. The van der Waals surface area contributed by atoms with E-state index >= 15 is 0 Å². The lowest BCUT2D eigenvalue weighted by Crippen LogP contribution is -2.43. The quantitative estimate of drug-likeness (QED) is 0.456. The third-order valence-electron chi connectivity index (χ3n) is 4.59. The minimum absolute atomic E-state index is 0.692. The summed E-state index contributed by atoms with van der Waals surface area (Å²) >= 11 is 0. The lowest BCUT2D eigenvalue weighted by atomic mass is 10.1. The lowest BCUT2D eigenvalue weighted by molar-refractivity contribution is 0.838. The van der Waals surface area contributed by atoms with E-state index in [0.717, 1.165) is 0 Å². The first-order valence-electron chi connectivity index (χ1n) is 8.06. The third kappa shape index (κ3) is 4.35. The van der Waals surface area contributed by atoms with Crippen molar-refractivity contribution in [1.82, 2.24) is 0 Å². The second kappa shape index (κ2) is 7.66. The SMILES string of the molecule is Cc1ccc(/C=C\C#C[Si](C(C)C)(C(C)C)C(C)C)cc1. The molecule has 21 heavy (non-hydrogen) atoms. The zero-order chi connectivity index (χ0) is 16.0. The maximum absolute atomic E-state index is 3.72. The van der Waals surface area contributed by atoms with Crippen molar-refractivity contribution in [2.24, 2.45) is 0 Å². The van der Waals surface area contributed by atoms with E-state index in [1.165, 1.54) is 11.1 Å². The van der Waals surface area contributed by atoms with Crippen LogP contribution in [0.2, 0.25) is 16.6 Å². The van der Waals surface area contributed by atoms with Crippen LogP contribution in [0.3, 0.4) is 0 Å². The normalized spacial score (nSPS) is 12.3. The van der Waals surface area contributed by atoms with E-state index in [1.54, 1.807) is 0 Å². The van der Waals surface area contributed by atoms with E-state index in [0.29, 0.717) is 16.6 Å². The first-order valence-corrected chi connectivity index (χ1v) is 10.3.